The maximum Gasteiger partial charge on any atom is 0.267 e. The van der Waals surface area contributed by atoms with Gasteiger partial charge in [0, 0.05) is 41.2 Å². The van der Waals surface area contributed by atoms with Crippen molar-refractivity contribution in [2.45, 2.75) is 45.6 Å². The fourth-order valence-corrected chi connectivity index (χ4v) is 4.44. The zero-order valence-electron chi connectivity index (χ0n) is 21.7. The van der Waals surface area contributed by atoms with Crippen LogP contribution in [0, 0.1) is 0 Å². The minimum atomic E-state index is -0.767. The van der Waals surface area contributed by atoms with Crippen molar-refractivity contribution < 1.29 is 24.9 Å². The summed E-state index contributed by atoms with van der Waals surface area (Å²) in [6, 6.07) is 20.4. The van der Waals surface area contributed by atoms with Gasteiger partial charge >= 0.3 is 0 Å². The summed E-state index contributed by atoms with van der Waals surface area (Å²) >= 11 is 0. The molecule has 0 radical (unpaired) electrons. The Kier molecular flexibility index (Phi) is 9.02. The molecule has 4 rings (SSSR count). The second kappa shape index (κ2) is 12.6. The molecule has 0 bridgehead atoms. The Hall–Kier alpha value is -3.85. The highest BCUT2D eigenvalue weighted by molar-refractivity contribution is 5.98. The van der Waals surface area contributed by atoms with E-state index in [1.165, 1.54) is 6.07 Å². The predicted octanol–water partition coefficient (Wildman–Crippen LogP) is 3.95. The van der Waals surface area contributed by atoms with Crippen molar-refractivity contribution in [3.8, 4) is 11.5 Å². The molecule has 4 aromatic rings. The number of amides is 1. The quantitative estimate of drug-likeness (QED) is 0.169. The molecule has 1 heterocycles. The molecule has 0 saturated heterocycles. The SMILES string of the molecule is CCOc1ccccc1CNC(=O)c1cc2cc(C[C@@H](C)NC[C@@H](O)c3ccc(O)c(CO)c3)ccc2[nH]1. The standard InChI is InChI=1S/C30H35N3O5/c1-3-38-29-7-5-4-6-22(29)16-32-30(37)26-15-23-13-20(8-10-25(23)33-26)12-19(2)31-17-28(36)21-9-11-27(35)24(14-21)18-34/h4-11,13-15,19,28,31,33-36H,3,12,16-18H2,1-2H3,(H,32,37)/t19-,28-/m1/s1. The number of hydrogen-bond donors (Lipinski definition) is 6. The molecule has 0 unspecified atom stereocenters. The summed E-state index contributed by atoms with van der Waals surface area (Å²) in [5.74, 6) is 0.596. The monoisotopic (exact) mass is 517 g/mol. The number of carbonyl (C=O) groups is 1. The Morgan fingerprint density at radius 2 is 1.87 bits per heavy atom. The number of nitrogens with one attached hydrogen (secondary N) is 3. The number of phenols is 1. The van der Waals surface area contributed by atoms with Crippen LogP contribution in [0.15, 0.2) is 66.7 Å². The predicted molar refractivity (Wildman–Crippen MR) is 147 cm³/mol. The lowest BCUT2D eigenvalue weighted by Crippen LogP contribution is -2.32. The average molecular weight is 518 g/mol. The number of rotatable bonds is 12. The van der Waals surface area contributed by atoms with Gasteiger partial charge in [0.25, 0.3) is 5.91 Å². The van der Waals surface area contributed by atoms with Crippen LogP contribution in [-0.2, 0) is 19.6 Å². The van der Waals surface area contributed by atoms with Gasteiger partial charge in [0.1, 0.15) is 17.2 Å². The Balaban J connectivity index is 1.33. The maximum absolute atomic E-state index is 12.8. The molecule has 0 aliphatic rings. The van der Waals surface area contributed by atoms with E-state index in [-0.39, 0.29) is 24.3 Å². The smallest absolute Gasteiger partial charge is 0.267 e. The summed E-state index contributed by atoms with van der Waals surface area (Å²) in [5.41, 5.74) is 4.43. The summed E-state index contributed by atoms with van der Waals surface area (Å²) in [6.07, 6.45) is -0.0294. The van der Waals surface area contributed by atoms with Crippen LogP contribution in [0.5, 0.6) is 11.5 Å². The number of hydrogen-bond acceptors (Lipinski definition) is 6. The van der Waals surface area contributed by atoms with Crippen LogP contribution in [0.4, 0.5) is 0 Å². The molecular formula is C30H35N3O5. The van der Waals surface area contributed by atoms with Crippen LogP contribution in [0.2, 0.25) is 0 Å². The zero-order valence-corrected chi connectivity index (χ0v) is 21.7. The molecule has 0 saturated carbocycles. The summed E-state index contributed by atoms with van der Waals surface area (Å²) in [6.45, 7) is 4.95. The molecule has 0 fully saturated rings. The molecule has 38 heavy (non-hydrogen) atoms. The van der Waals surface area contributed by atoms with Gasteiger partial charge in [-0.15, -0.1) is 0 Å². The van der Waals surface area contributed by atoms with Crippen LogP contribution in [-0.4, -0.2) is 45.4 Å². The number of aliphatic hydroxyl groups excluding tert-OH is 2. The van der Waals surface area contributed by atoms with Gasteiger partial charge < -0.3 is 35.7 Å². The highest BCUT2D eigenvalue weighted by atomic mass is 16.5. The second-order valence-electron chi connectivity index (χ2n) is 9.40. The van der Waals surface area contributed by atoms with Gasteiger partial charge in [0.2, 0.25) is 0 Å². The summed E-state index contributed by atoms with van der Waals surface area (Å²) < 4.78 is 5.64. The third kappa shape index (κ3) is 6.72. The summed E-state index contributed by atoms with van der Waals surface area (Å²) in [7, 11) is 0. The summed E-state index contributed by atoms with van der Waals surface area (Å²) in [4.78, 5) is 16.0. The van der Waals surface area contributed by atoms with Crippen LogP contribution in [0.3, 0.4) is 0 Å². The Morgan fingerprint density at radius 3 is 2.66 bits per heavy atom. The number of aromatic amines is 1. The van der Waals surface area contributed by atoms with Gasteiger partial charge in [-0.2, -0.15) is 0 Å². The fraction of sp³-hybridized carbons (Fsp3) is 0.300. The molecule has 0 spiro atoms. The van der Waals surface area contributed by atoms with E-state index in [9.17, 15) is 20.1 Å². The van der Waals surface area contributed by atoms with Crippen molar-refractivity contribution in [1.82, 2.24) is 15.6 Å². The van der Waals surface area contributed by atoms with Crippen molar-refractivity contribution >= 4 is 16.8 Å². The first kappa shape index (κ1) is 27.2. The first-order valence-corrected chi connectivity index (χ1v) is 12.8. The number of aromatic nitrogens is 1. The van der Waals surface area contributed by atoms with Crippen molar-refractivity contribution in [1.29, 1.82) is 0 Å². The third-order valence-electron chi connectivity index (χ3n) is 6.50. The highest BCUT2D eigenvalue weighted by Crippen LogP contribution is 2.23. The van der Waals surface area contributed by atoms with E-state index in [2.05, 4.69) is 21.7 Å². The largest absolute Gasteiger partial charge is 0.508 e. The highest BCUT2D eigenvalue weighted by Gasteiger charge is 2.14. The zero-order chi connectivity index (χ0) is 27.1. The third-order valence-corrected chi connectivity index (χ3v) is 6.50. The molecule has 6 N–H and O–H groups in total. The van der Waals surface area contributed by atoms with E-state index in [1.54, 1.807) is 12.1 Å². The first-order chi connectivity index (χ1) is 18.4. The molecule has 1 amide bonds. The fourth-order valence-electron chi connectivity index (χ4n) is 4.44. The van der Waals surface area contributed by atoms with Gasteiger partial charge in [0.15, 0.2) is 0 Å². The van der Waals surface area contributed by atoms with E-state index >= 15 is 0 Å². The van der Waals surface area contributed by atoms with Crippen molar-refractivity contribution in [2.24, 2.45) is 0 Å². The Morgan fingerprint density at radius 1 is 1.05 bits per heavy atom. The van der Waals surface area contributed by atoms with E-state index < -0.39 is 6.10 Å². The average Bonchev–Trinajstić information content (AvgIpc) is 3.35. The van der Waals surface area contributed by atoms with Gasteiger partial charge in [-0.25, -0.2) is 0 Å². The molecule has 200 valence electrons. The van der Waals surface area contributed by atoms with E-state index in [1.807, 2.05) is 56.3 Å². The Labute approximate surface area is 222 Å². The number of fused-ring (bicyclic) bond motifs is 1. The lowest BCUT2D eigenvalue weighted by Gasteiger charge is -2.18. The number of para-hydroxylation sites is 1. The van der Waals surface area contributed by atoms with Crippen molar-refractivity contribution in [3.63, 3.8) is 0 Å². The molecule has 0 aliphatic heterocycles. The van der Waals surface area contributed by atoms with Crippen molar-refractivity contribution in [3.05, 3.63) is 94.7 Å². The van der Waals surface area contributed by atoms with E-state index in [0.29, 0.717) is 36.5 Å². The topological polar surface area (TPSA) is 127 Å². The minimum Gasteiger partial charge on any atom is -0.508 e. The number of ether oxygens (including phenoxy) is 1. The molecule has 2 atom stereocenters. The second-order valence-corrected chi connectivity index (χ2v) is 9.40. The van der Waals surface area contributed by atoms with Crippen molar-refractivity contribution in [2.75, 3.05) is 13.2 Å². The molecular weight excluding hydrogens is 482 g/mol. The normalized spacial score (nSPS) is 12.8. The van der Waals surface area contributed by atoms with Gasteiger partial charge in [-0.05, 0) is 67.8 Å². The molecule has 0 aliphatic carbocycles. The maximum atomic E-state index is 12.8. The lowest BCUT2D eigenvalue weighted by atomic mass is 10.0. The molecule has 8 heteroatoms. The number of H-pyrrole nitrogens is 1. The number of aliphatic hydroxyl groups is 2. The van der Waals surface area contributed by atoms with Crippen LogP contribution in [0.1, 0.15) is 52.7 Å². The van der Waals surface area contributed by atoms with Crippen LogP contribution >= 0.6 is 0 Å². The van der Waals surface area contributed by atoms with E-state index in [4.69, 9.17) is 4.74 Å². The molecule has 3 aromatic carbocycles. The molecule has 8 nitrogen and oxygen atoms in total. The number of aromatic hydroxyl groups is 1. The number of carbonyl (C=O) groups excluding carboxylic acids is 1. The first-order valence-electron chi connectivity index (χ1n) is 12.8. The summed E-state index contributed by atoms with van der Waals surface area (Å²) in [5, 5.41) is 36.8. The number of benzene rings is 3. The van der Waals surface area contributed by atoms with Crippen LogP contribution in [0.25, 0.3) is 10.9 Å². The van der Waals surface area contributed by atoms with E-state index in [0.717, 1.165) is 34.2 Å². The minimum absolute atomic E-state index is 0.0115. The molecule has 1 aromatic heterocycles. The van der Waals surface area contributed by atoms with Gasteiger partial charge in [0.05, 0.1) is 19.3 Å². The van der Waals surface area contributed by atoms with Gasteiger partial charge in [-0.1, -0.05) is 30.3 Å². The van der Waals surface area contributed by atoms with Gasteiger partial charge in [-0.3, -0.25) is 4.79 Å². The lowest BCUT2D eigenvalue weighted by molar-refractivity contribution is 0.0946. The Bertz CT molecular complexity index is 1380. The van der Waals surface area contributed by atoms with Crippen LogP contribution < -0.4 is 15.4 Å².